The van der Waals surface area contributed by atoms with Crippen LogP contribution >= 0.6 is 0 Å². The van der Waals surface area contributed by atoms with E-state index in [9.17, 15) is 4.79 Å². The number of aliphatic carboxylic acids is 1. The van der Waals surface area contributed by atoms with Gasteiger partial charge in [-0.05, 0) is 13.0 Å². The first-order valence-electron chi connectivity index (χ1n) is 4.30. The van der Waals surface area contributed by atoms with Crippen LogP contribution in [0.3, 0.4) is 0 Å². The largest absolute Gasteiger partial charge is 0.478 e. The van der Waals surface area contributed by atoms with Gasteiger partial charge in [0.1, 0.15) is 0 Å². The highest BCUT2D eigenvalue weighted by atomic mass is 16.4. The molecule has 0 spiro atoms. The van der Waals surface area contributed by atoms with Gasteiger partial charge in [-0.1, -0.05) is 0 Å². The summed E-state index contributed by atoms with van der Waals surface area (Å²) in [5, 5.41) is 12.6. The fourth-order valence-electron chi connectivity index (χ4n) is 1.68. The van der Waals surface area contributed by atoms with E-state index < -0.39 is 5.97 Å². The van der Waals surface area contributed by atoms with Crippen LogP contribution < -0.4 is 0 Å². The smallest absolute Gasteiger partial charge is 0.336 e. The van der Waals surface area contributed by atoms with E-state index in [4.69, 9.17) is 5.11 Å². The Morgan fingerprint density at radius 2 is 2.36 bits per heavy atom. The number of carbonyl (C=O) groups is 1. The maximum atomic E-state index is 10.9. The van der Waals surface area contributed by atoms with Crippen LogP contribution in [-0.4, -0.2) is 40.9 Å². The van der Waals surface area contributed by atoms with E-state index in [-0.39, 0.29) is 0 Å². The molecule has 0 aromatic heterocycles. The van der Waals surface area contributed by atoms with Gasteiger partial charge < -0.3 is 5.11 Å². The van der Waals surface area contributed by atoms with Crippen LogP contribution in [-0.2, 0) is 4.79 Å². The minimum absolute atomic E-state index is 0.344. The summed E-state index contributed by atoms with van der Waals surface area (Å²) in [5.41, 5.74) is 1.32. The third kappa shape index (κ3) is 1.13. The molecule has 74 valence electrons. The topological polar surface area (TPSA) is 56.1 Å². The molecule has 0 atom stereocenters. The minimum atomic E-state index is -0.902. The van der Waals surface area contributed by atoms with Gasteiger partial charge in [-0.2, -0.15) is 0 Å². The van der Waals surface area contributed by atoms with Gasteiger partial charge in [0.05, 0.1) is 12.1 Å². The molecule has 2 heterocycles. The van der Waals surface area contributed by atoms with E-state index in [1.807, 2.05) is 30.1 Å². The van der Waals surface area contributed by atoms with Crippen LogP contribution in [0.2, 0.25) is 0 Å². The first-order valence-corrected chi connectivity index (χ1v) is 4.30. The Kier molecular flexibility index (Phi) is 1.89. The highest BCUT2D eigenvalue weighted by molar-refractivity contribution is 5.89. The Morgan fingerprint density at radius 1 is 1.64 bits per heavy atom. The lowest BCUT2D eigenvalue weighted by Gasteiger charge is -2.29. The number of carboxylic acid groups (broad SMARTS) is 1. The molecule has 0 aromatic carbocycles. The van der Waals surface area contributed by atoms with Crippen molar-refractivity contribution < 1.29 is 9.90 Å². The molecule has 0 unspecified atom stereocenters. The summed E-state index contributed by atoms with van der Waals surface area (Å²) >= 11 is 0. The van der Waals surface area contributed by atoms with Gasteiger partial charge in [-0.3, -0.25) is 5.01 Å². The molecule has 2 rings (SSSR count). The maximum Gasteiger partial charge on any atom is 0.336 e. The highest BCUT2D eigenvalue weighted by Crippen LogP contribution is 2.28. The second-order valence-electron chi connectivity index (χ2n) is 3.32. The lowest BCUT2D eigenvalue weighted by Crippen LogP contribution is -2.33. The van der Waals surface area contributed by atoms with Gasteiger partial charge in [0.2, 0.25) is 0 Å². The van der Waals surface area contributed by atoms with E-state index in [0.29, 0.717) is 17.9 Å². The first-order chi connectivity index (χ1) is 6.61. The van der Waals surface area contributed by atoms with Gasteiger partial charge in [-0.15, -0.1) is 0 Å². The molecular formula is C9H11N3O2. The predicted octanol–water partition coefficient (Wildman–Crippen LogP) is 0.433. The summed E-state index contributed by atoms with van der Waals surface area (Å²) in [7, 11) is 1.84. The maximum absolute atomic E-state index is 10.9. The fourth-order valence-corrected chi connectivity index (χ4v) is 1.68. The van der Waals surface area contributed by atoms with Gasteiger partial charge in [0, 0.05) is 19.0 Å². The zero-order valence-corrected chi connectivity index (χ0v) is 8.06. The number of aliphatic imine (C=N–C) groups is 1. The zero-order chi connectivity index (χ0) is 10.3. The van der Waals surface area contributed by atoms with Gasteiger partial charge in [0.25, 0.3) is 0 Å². The number of allylic oxidation sites excluding steroid dienone is 2. The molecule has 0 aliphatic carbocycles. The summed E-state index contributed by atoms with van der Waals surface area (Å²) in [6.07, 6.45) is 3.48. The Hall–Kier alpha value is -1.62. The molecule has 2 aliphatic heterocycles. The molecule has 0 bridgehead atoms. The van der Waals surface area contributed by atoms with Crippen LogP contribution in [0.5, 0.6) is 0 Å². The molecule has 0 fully saturated rings. The summed E-state index contributed by atoms with van der Waals surface area (Å²) < 4.78 is 0. The number of rotatable bonds is 1. The molecule has 0 saturated heterocycles. The monoisotopic (exact) mass is 193 g/mol. The summed E-state index contributed by atoms with van der Waals surface area (Å²) in [5.74, 6) is -0.374. The van der Waals surface area contributed by atoms with Gasteiger partial charge >= 0.3 is 5.97 Å². The number of hydrazine groups is 1. The average molecular weight is 193 g/mol. The van der Waals surface area contributed by atoms with E-state index in [1.54, 1.807) is 6.21 Å². The van der Waals surface area contributed by atoms with Crippen molar-refractivity contribution in [1.29, 1.82) is 0 Å². The predicted molar refractivity (Wildman–Crippen MR) is 51.4 cm³/mol. The number of hydrogen-bond donors (Lipinski definition) is 1. The molecular weight excluding hydrogens is 182 g/mol. The van der Waals surface area contributed by atoms with E-state index in [0.717, 1.165) is 5.70 Å². The Morgan fingerprint density at radius 3 is 3.00 bits per heavy atom. The lowest BCUT2D eigenvalue weighted by molar-refractivity contribution is -0.132. The summed E-state index contributed by atoms with van der Waals surface area (Å²) in [6.45, 7) is 2.32. The third-order valence-electron chi connectivity index (χ3n) is 2.30. The number of nitrogens with zero attached hydrogens (tertiary/aromatic N) is 3. The van der Waals surface area contributed by atoms with Crippen LogP contribution in [0, 0.1) is 0 Å². The number of likely N-dealkylation sites (N-methyl/N-ethyl adjacent to an activating group) is 1. The second-order valence-corrected chi connectivity index (χ2v) is 3.32. The van der Waals surface area contributed by atoms with Crippen LogP contribution in [0.4, 0.5) is 0 Å². The van der Waals surface area contributed by atoms with Crippen molar-refractivity contribution in [2.45, 2.75) is 6.92 Å². The molecule has 0 aromatic rings. The standard InChI is InChI=1S/C9H11N3O2/c1-6-3-4-10-8-7(9(13)14)5-11(2)12(6)8/h3-4H,5H2,1-2H3,(H,13,14). The van der Waals surface area contributed by atoms with Crippen LogP contribution in [0.25, 0.3) is 0 Å². The van der Waals surface area contributed by atoms with Crippen molar-refractivity contribution in [3.8, 4) is 0 Å². The number of carboxylic acids is 1. The van der Waals surface area contributed by atoms with Crippen molar-refractivity contribution in [2.24, 2.45) is 4.99 Å². The van der Waals surface area contributed by atoms with E-state index in [1.165, 1.54) is 0 Å². The zero-order valence-electron chi connectivity index (χ0n) is 8.06. The van der Waals surface area contributed by atoms with E-state index >= 15 is 0 Å². The SMILES string of the molecule is CC1=CC=NC2=C(C(=O)O)CN(C)N12. The van der Waals surface area contributed by atoms with E-state index in [2.05, 4.69) is 4.99 Å². The third-order valence-corrected chi connectivity index (χ3v) is 2.30. The molecule has 2 aliphatic rings. The quantitative estimate of drug-likeness (QED) is 0.656. The Bertz CT molecular complexity index is 382. The second kappa shape index (κ2) is 2.95. The average Bonchev–Trinajstić information content (AvgIpc) is 2.45. The molecule has 0 radical (unpaired) electrons. The van der Waals surface area contributed by atoms with Gasteiger partial charge in [0.15, 0.2) is 5.82 Å². The highest BCUT2D eigenvalue weighted by Gasteiger charge is 2.32. The Labute approximate surface area is 81.6 Å². The molecule has 0 amide bonds. The molecule has 0 saturated carbocycles. The fraction of sp³-hybridized carbons (Fsp3) is 0.333. The lowest BCUT2D eigenvalue weighted by atomic mass is 10.2. The summed E-state index contributed by atoms with van der Waals surface area (Å²) in [4.78, 5) is 15.0. The number of hydrogen-bond acceptors (Lipinski definition) is 4. The van der Waals surface area contributed by atoms with Crippen molar-refractivity contribution in [3.05, 3.63) is 23.2 Å². The van der Waals surface area contributed by atoms with Crippen LogP contribution in [0.15, 0.2) is 28.2 Å². The van der Waals surface area contributed by atoms with Crippen molar-refractivity contribution in [1.82, 2.24) is 10.0 Å². The van der Waals surface area contributed by atoms with Crippen LogP contribution in [0.1, 0.15) is 6.92 Å². The van der Waals surface area contributed by atoms with Crippen molar-refractivity contribution in [2.75, 3.05) is 13.6 Å². The molecule has 14 heavy (non-hydrogen) atoms. The molecule has 1 N–H and O–H groups in total. The first kappa shape index (κ1) is 8.96. The summed E-state index contributed by atoms with van der Waals surface area (Å²) in [6, 6.07) is 0. The minimum Gasteiger partial charge on any atom is -0.478 e. The molecule has 5 heteroatoms. The van der Waals surface area contributed by atoms with Crippen molar-refractivity contribution >= 4 is 12.2 Å². The molecule has 5 nitrogen and oxygen atoms in total. The van der Waals surface area contributed by atoms with Crippen molar-refractivity contribution in [3.63, 3.8) is 0 Å². The Balaban J connectivity index is 2.47. The normalized spacial score (nSPS) is 21.3. The van der Waals surface area contributed by atoms with Gasteiger partial charge in [-0.25, -0.2) is 14.8 Å². The number of fused-ring (bicyclic) bond motifs is 1.